The van der Waals surface area contributed by atoms with Crippen LogP contribution in [-0.4, -0.2) is 35.5 Å². The fraction of sp³-hybridized carbons (Fsp3) is 0.862. The van der Waals surface area contributed by atoms with E-state index < -0.39 is 29.9 Å². The number of hydrogen-bond donors (Lipinski definition) is 1. The molecule has 196 valence electrons. The van der Waals surface area contributed by atoms with Crippen molar-refractivity contribution in [1.29, 1.82) is 0 Å². The second kappa shape index (κ2) is 7.97. The summed E-state index contributed by atoms with van der Waals surface area (Å²) in [5.74, 6) is 0.0707. The van der Waals surface area contributed by atoms with Gasteiger partial charge in [-0.05, 0) is 72.5 Å². The van der Waals surface area contributed by atoms with E-state index in [-0.39, 0.29) is 28.6 Å². The zero-order valence-corrected chi connectivity index (χ0v) is 22.6. The molecule has 1 heterocycles. The molecule has 6 heteroatoms. The molecule has 5 rings (SSSR count). The highest BCUT2D eigenvalue weighted by atomic mass is 16.7. The Kier molecular flexibility index (Phi) is 5.71. The SMILES string of the molecule is CC(=O)O[C@@H]1OC=C2[C@@H](OC(C)=O)CC3[C@]4(C)CCC5C(C)(C)CCC[C@]5(C)C4C[C@H](O)[C@]3(C)[C@H]21. The summed E-state index contributed by atoms with van der Waals surface area (Å²) in [6.07, 6.45) is 7.26. The molecule has 0 aromatic rings. The minimum Gasteiger partial charge on any atom is -0.462 e. The highest BCUT2D eigenvalue weighted by molar-refractivity contribution is 5.67. The van der Waals surface area contributed by atoms with E-state index in [1.807, 2.05) is 0 Å². The molecule has 4 aliphatic carbocycles. The fourth-order valence-electron chi connectivity index (χ4n) is 10.3. The Labute approximate surface area is 210 Å². The molecule has 1 aliphatic heterocycles. The first-order valence-electron chi connectivity index (χ1n) is 13.6. The van der Waals surface area contributed by atoms with E-state index >= 15 is 0 Å². The molecule has 0 saturated heterocycles. The van der Waals surface area contributed by atoms with Crippen LogP contribution in [0.5, 0.6) is 0 Å². The maximum atomic E-state index is 12.1. The molecule has 6 nitrogen and oxygen atoms in total. The van der Waals surface area contributed by atoms with Crippen LogP contribution in [0.2, 0.25) is 0 Å². The third kappa shape index (κ3) is 3.44. The topological polar surface area (TPSA) is 82.1 Å². The molecule has 35 heavy (non-hydrogen) atoms. The number of rotatable bonds is 2. The Bertz CT molecular complexity index is 939. The largest absolute Gasteiger partial charge is 0.462 e. The third-order valence-corrected chi connectivity index (χ3v) is 11.6. The predicted octanol–water partition coefficient (Wildman–Crippen LogP) is 5.38. The molecule has 0 aromatic carbocycles. The van der Waals surface area contributed by atoms with Gasteiger partial charge < -0.3 is 19.3 Å². The summed E-state index contributed by atoms with van der Waals surface area (Å²) in [4.78, 5) is 24.1. The summed E-state index contributed by atoms with van der Waals surface area (Å²) < 4.78 is 17.4. The van der Waals surface area contributed by atoms with Gasteiger partial charge in [-0.1, -0.05) is 41.0 Å². The summed E-state index contributed by atoms with van der Waals surface area (Å²) >= 11 is 0. The molecule has 5 aliphatic rings. The van der Waals surface area contributed by atoms with E-state index in [1.54, 1.807) is 6.26 Å². The maximum absolute atomic E-state index is 12.1. The molecule has 1 N–H and O–H groups in total. The first-order chi connectivity index (χ1) is 16.2. The lowest BCUT2D eigenvalue weighted by Gasteiger charge is -2.71. The van der Waals surface area contributed by atoms with Crippen molar-refractivity contribution >= 4 is 11.9 Å². The highest BCUT2D eigenvalue weighted by Gasteiger charge is 2.71. The molecule has 0 aromatic heterocycles. The van der Waals surface area contributed by atoms with Crippen molar-refractivity contribution in [3.05, 3.63) is 11.8 Å². The van der Waals surface area contributed by atoms with Crippen LogP contribution in [0, 0.1) is 45.3 Å². The van der Waals surface area contributed by atoms with Crippen LogP contribution in [0.15, 0.2) is 11.8 Å². The zero-order chi connectivity index (χ0) is 25.6. The van der Waals surface area contributed by atoms with E-state index in [0.717, 1.165) is 18.4 Å². The smallest absolute Gasteiger partial charge is 0.305 e. The lowest BCUT2D eigenvalue weighted by Crippen LogP contribution is -2.68. The number of aliphatic hydroxyl groups is 1. The van der Waals surface area contributed by atoms with E-state index in [0.29, 0.717) is 23.7 Å². The molecular weight excluding hydrogens is 444 g/mol. The Morgan fingerprint density at radius 3 is 2.23 bits per heavy atom. The normalized spacial score (nSPS) is 49.8. The quantitative estimate of drug-likeness (QED) is 0.526. The molecule has 4 fully saturated rings. The number of esters is 2. The first-order valence-corrected chi connectivity index (χ1v) is 13.6. The lowest BCUT2D eigenvalue weighted by atomic mass is 9.34. The maximum Gasteiger partial charge on any atom is 0.305 e. The zero-order valence-electron chi connectivity index (χ0n) is 22.6. The highest BCUT2D eigenvalue weighted by Crippen LogP contribution is 2.74. The Hall–Kier alpha value is -1.56. The number of carbonyl (C=O) groups is 2. The summed E-state index contributed by atoms with van der Waals surface area (Å²) in [6.45, 7) is 14.8. The van der Waals surface area contributed by atoms with Gasteiger partial charge in [0.25, 0.3) is 6.29 Å². The van der Waals surface area contributed by atoms with Crippen molar-refractivity contribution in [2.45, 2.75) is 112 Å². The monoisotopic (exact) mass is 488 g/mol. The first kappa shape index (κ1) is 25.1. The van der Waals surface area contributed by atoms with Gasteiger partial charge in [-0.2, -0.15) is 0 Å². The lowest BCUT2D eigenvalue weighted by molar-refractivity contribution is -0.262. The number of fused-ring (bicyclic) bond motifs is 7. The molecule has 4 saturated carbocycles. The van der Waals surface area contributed by atoms with Gasteiger partial charge in [0.1, 0.15) is 6.10 Å². The Morgan fingerprint density at radius 1 is 0.914 bits per heavy atom. The van der Waals surface area contributed by atoms with Gasteiger partial charge in [0.2, 0.25) is 0 Å². The van der Waals surface area contributed by atoms with Gasteiger partial charge in [0, 0.05) is 24.8 Å². The van der Waals surface area contributed by atoms with Crippen LogP contribution in [0.25, 0.3) is 0 Å². The summed E-state index contributed by atoms with van der Waals surface area (Å²) in [5.41, 5.74) is 0.760. The van der Waals surface area contributed by atoms with E-state index in [2.05, 4.69) is 34.6 Å². The summed E-state index contributed by atoms with van der Waals surface area (Å²) in [6, 6.07) is 0. The minimum atomic E-state index is -0.802. The van der Waals surface area contributed by atoms with Gasteiger partial charge in [-0.15, -0.1) is 0 Å². The van der Waals surface area contributed by atoms with Crippen LogP contribution in [0.1, 0.15) is 93.4 Å². The van der Waals surface area contributed by atoms with Gasteiger partial charge in [-0.25, -0.2) is 0 Å². The second-order valence-corrected chi connectivity index (χ2v) is 13.7. The van der Waals surface area contributed by atoms with Crippen LogP contribution in [0.4, 0.5) is 0 Å². The van der Waals surface area contributed by atoms with Crippen molar-refractivity contribution in [2.75, 3.05) is 0 Å². The fourth-order valence-corrected chi connectivity index (χ4v) is 10.3. The van der Waals surface area contributed by atoms with Crippen LogP contribution in [0.3, 0.4) is 0 Å². The van der Waals surface area contributed by atoms with Gasteiger partial charge in [-0.3, -0.25) is 9.59 Å². The van der Waals surface area contributed by atoms with E-state index in [1.165, 1.54) is 39.5 Å². The number of hydrogen-bond acceptors (Lipinski definition) is 6. The minimum absolute atomic E-state index is 0.0139. The Morgan fingerprint density at radius 2 is 1.57 bits per heavy atom. The van der Waals surface area contributed by atoms with Crippen molar-refractivity contribution in [3.8, 4) is 0 Å². The summed E-state index contributed by atoms with van der Waals surface area (Å²) in [7, 11) is 0. The van der Waals surface area contributed by atoms with Gasteiger partial charge in [0.15, 0.2) is 0 Å². The molecular formula is C29H44O6. The number of aliphatic hydroxyl groups excluding tert-OH is 1. The van der Waals surface area contributed by atoms with Crippen LogP contribution in [-0.2, 0) is 23.8 Å². The standard InChI is InChI=1S/C29H44O6/c1-16(30)34-19-13-22-28(6)12-9-20-26(3,4)10-8-11-27(20,5)21(28)14-23(32)29(22,7)24-18(19)15-33-25(24)35-17(2)31/h15,19-25,32H,8-14H2,1-7H3/t19-,20?,21?,22?,23-,24+,25-,27-,28+,29+/m0/s1. The molecule has 0 bridgehead atoms. The molecule has 10 atom stereocenters. The molecule has 0 radical (unpaired) electrons. The van der Waals surface area contributed by atoms with Gasteiger partial charge >= 0.3 is 11.9 Å². The molecule has 0 amide bonds. The van der Waals surface area contributed by atoms with Crippen molar-refractivity contribution in [2.24, 2.45) is 45.3 Å². The average molecular weight is 489 g/mol. The molecule has 0 spiro atoms. The average Bonchev–Trinajstić information content (AvgIpc) is 3.15. The Balaban J connectivity index is 1.59. The van der Waals surface area contributed by atoms with E-state index in [4.69, 9.17) is 14.2 Å². The molecule has 3 unspecified atom stereocenters. The van der Waals surface area contributed by atoms with Crippen molar-refractivity contribution < 1.29 is 28.9 Å². The summed E-state index contributed by atoms with van der Waals surface area (Å²) in [5, 5.41) is 12.0. The number of carbonyl (C=O) groups excluding carboxylic acids is 2. The van der Waals surface area contributed by atoms with Crippen LogP contribution < -0.4 is 0 Å². The van der Waals surface area contributed by atoms with E-state index in [9.17, 15) is 14.7 Å². The number of ether oxygens (including phenoxy) is 3. The second-order valence-electron chi connectivity index (χ2n) is 13.7. The van der Waals surface area contributed by atoms with Crippen molar-refractivity contribution in [1.82, 2.24) is 0 Å². The third-order valence-electron chi connectivity index (χ3n) is 11.6. The van der Waals surface area contributed by atoms with Crippen LogP contribution >= 0.6 is 0 Å². The van der Waals surface area contributed by atoms with Gasteiger partial charge in [0.05, 0.1) is 18.3 Å². The predicted molar refractivity (Wildman–Crippen MR) is 131 cm³/mol. The van der Waals surface area contributed by atoms with Crippen molar-refractivity contribution in [3.63, 3.8) is 0 Å².